The molecule has 5 fully saturated rings. The first-order valence-corrected chi connectivity index (χ1v) is 25.7. The molecular formula is C45H77N3O34. The minimum absolute atomic E-state index is 0.763. The summed E-state index contributed by atoms with van der Waals surface area (Å²) in [4.78, 5) is 49.9. The van der Waals surface area contributed by atoms with Crippen LogP contribution in [0.3, 0.4) is 0 Å². The summed E-state index contributed by atoms with van der Waals surface area (Å²) in [6.07, 6.45) is -56.1. The highest BCUT2D eigenvalue weighted by Crippen LogP contribution is 2.39. The number of carboxylic acids is 1. The molecule has 0 spiro atoms. The second-order valence-electron chi connectivity index (χ2n) is 20.2. The summed E-state index contributed by atoms with van der Waals surface area (Å²) in [6.45, 7) is -4.78. The Morgan fingerprint density at radius 3 is 1.54 bits per heavy atom. The predicted molar refractivity (Wildman–Crippen MR) is 253 cm³/mol. The van der Waals surface area contributed by atoms with Crippen molar-refractivity contribution in [1.82, 2.24) is 16.0 Å². The zero-order valence-corrected chi connectivity index (χ0v) is 44.1. The summed E-state index contributed by atoms with van der Waals surface area (Å²) in [5.74, 6) is -7.89. The molecule has 3 amide bonds. The lowest BCUT2D eigenvalue weighted by atomic mass is 9.88. The number of carbonyl (C=O) groups excluding carboxylic acids is 3. The molecule has 5 aliphatic heterocycles. The summed E-state index contributed by atoms with van der Waals surface area (Å²) < 4.78 is 57.5. The van der Waals surface area contributed by atoms with Crippen molar-refractivity contribution < 1.29 is 169 Å². The molecule has 37 nitrogen and oxygen atoms in total. The second-order valence-corrected chi connectivity index (χ2v) is 20.2. The molecular weight excluding hydrogens is 1130 g/mol. The number of aliphatic hydroxyl groups excluding tert-OH is 19. The van der Waals surface area contributed by atoms with Gasteiger partial charge in [0.25, 0.3) is 5.79 Å². The van der Waals surface area contributed by atoms with Crippen LogP contribution in [0.1, 0.15) is 27.2 Å². The van der Waals surface area contributed by atoms with Gasteiger partial charge in [-0.15, -0.1) is 0 Å². The van der Waals surface area contributed by atoms with Gasteiger partial charge in [-0.25, -0.2) is 4.79 Å². The molecule has 0 radical (unpaired) electrons. The van der Waals surface area contributed by atoms with Crippen LogP contribution in [0.25, 0.3) is 0 Å². The average molecular weight is 1200 g/mol. The highest BCUT2D eigenvalue weighted by atomic mass is 16.8. The number of rotatable bonds is 26. The molecule has 5 aliphatic rings. The fourth-order valence-corrected chi connectivity index (χ4v) is 9.92. The van der Waals surface area contributed by atoms with E-state index in [1.54, 1.807) is 0 Å². The second kappa shape index (κ2) is 30.4. The Bertz CT molecular complexity index is 2040. The molecule has 37 heteroatoms. The van der Waals surface area contributed by atoms with Gasteiger partial charge in [-0.1, -0.05) is 0 Å². The van der Waals surface area contributed by atoms with Crippen molar-refractivity contribution in [3.63, 3.8) is 0 Å². The number of ether oxygens (including phenoxy) is 10. The molecule has 82 heavy (non-hydrogen) atoms. The molecule has 0 aromatic rings. The van der Waals surface area contributed by atoms with Crippen LogP contribution in [-0.2, 0) is 66.5 Å². The molecule has 5 heterocycles. The fourth-order valence-electron chi connectivity index (χ4n) is 9.92. The van der Waals surface area contributed by atoms with E-state index in [4.69, 9.17) is 47.4 Å². The number of nitrogens with one attached hydrogen (secondary N) is 3. The van der Waals surface area contributed by atoms with Gasteiger partial charge in [-0.3, -0.25) is 14.4 Å². The zero-order chi connectivity index (χ0) is 61.4. The molecule has 5 saturated heterocycles. The maximum absolute atomic E-state index is 13.1. The van der Waals surface area contributed by atoms with E-state index < -0.39 is 260 Å². The van der Waals surface area contributed by atoms with E-state index in [1.807, 2.05) is 0 Å². The van der Waals surface area contributed by atoms with Crippen molar-refractivity contribution in [3.8, 4) is 0 Å². The minimum atomic E-state index is -3.27. The van der Waals surface area contributed by atoms with Gasteiger partial charge in [0.2, 0.25) is 17.7 Å². The van der Waals surface area contributed by atoms with E-state index in [9.17, 15) is 121 Å². The smallest absolute Gasteiger partial charge is 0.364 e. The molecule has 5 rings (SSSR count). The zero-order valence-electron chi connectivity index (χ0n) is 44.1. The Morgan fingerprint density at radius 2 is 1.00 bits per heavy atom. The third kappa shape index (κ3) is 15.8. The Morgan fingerprint density at radius 1 is 0.524 bits per heavy atom. The van der Waals surface area contributed by atoms with Crippen LogP contribution >= 0.6 is 0 Å². The van der Waals surface area contributed by atoms with Gasteiger partial charge < -0.3 is 165 Å². The van der Waals surface area contributed by atoms with E-state index in [2.05, 4.69) is 16.0 Å². The first kappa shape index (κ1) is 69.5. The summed E-state index contributed by atoms with van der Waals surface area (Å²) >= 11 is 0. The van der Waals surface area contributed by atoms with E-state index in [1.165, 1.54) is 0 Å². The summed E-state index contributed by atoms with van der Waals surface area (Å²) in [7, 11) is 0. The van der Waals surface area contributed by atoms with Gasteiger partial charge in [0.15, 0.2) is 25.2 Å². The van der Waals surface area contributed by atoms with E-state index in [0.717, 1.165) is 20.8 Å². The van der Waals surface area contributed by atoms with Gasteiger partial charge in [0, 0.05) is 27.2 Å². The topological polar surface area (TPSA) is 601 Å². The lowest BCUT2D eigenvalue weighted by molar-refractivity contribution is -0.391. The van der Waals surface area contributed by atoms with Crippen LogP contribution in [-0.4, -0.2) is 355 Å². The highest BCUT2D eigenvalue weighted by Gasteiger charge is 2.61. The largest absolute Gasteiger partial charge is 0.477 e. The van der Waals surface area contributed by atoms with Gasteiger partial charge in [0.05, 0.1) is 58.4 Å². The SMILES string of the molecule is CC(=O)N[C@H]1[C@H](OC[C@H]2O[C@@H](O[C@@H]([C@H](O)[C@@H](O)CO)[C@H](O)CO)[C@H](O)[C@@H](O[C@@H]3O[C@H](CO)[C@H](O)[C@H](O[C@]4(C(=O)O)C[C@H](O)[C@@H](NC(C)=O)[C@H]([C@H](O)[C@H](O)CO)O4)[C@H]3O)[C@H]2O)O[C@H](CO)[C@@H](O[C@@H]2O[C@H](CO)[C@H](O)[C@H](O)[C@H]2NC(C)=O)[C@@H]1O. The number of amides is 3. The average Bonchev–Trinajstić information content (AvgIpc) is 3.62. The third-order valence-corrected chi connectivity index (χ3v) is 14.2. The monoisotopic (exact) mass is 1200 g/mol. The van der Waals surface area contributed by atoms with E-state index >= 15 is 0 Å². The molecule has 0 aromatic heterocycles. The molecule has 0 saturated carbocycles. The lowest BCUT2D eigenvalue weighted by Crippen LogP contribution is -2.71. The van der Waals surface area contributed by atoms with Gasteiger partial charge >= 0.3 is 5.97 Å². The normalized spacial score (nSPS) is 42.2. The maximum Gasteiger partial charge on any atom is 0.364 e. The first-order valence-electron chi connectivity index (χ1n) is 25.7. The van der Waals surface area contributed by atoms with Crippen molar-refractivity contribution >= 4 is 23.7 Å². The van der Waals surface area contributed by atoms with Crippen LogP contribution < -0.4 is 16.0 Å². The van der Waals surface area contributed by atoms with Crippen LogP contribution in [0.5, 0.6) is 0 Å². The number of aliphatic carboxylic acids is 1. The van der Waals surface area contributed by atoms with Crippen molar-refractivity contribution in [2.24, 2.45) is 0 Å². The predicted octanol–water partition coefficient (Wildman–Crippen LogP) is -14.8. The number of hydrogen-bond acceptors (Lipinski definition) is 33. The van der Waals surface area contributed by atoms with Crippen LogP contribution in [0.15, 0.2) is 0 Å². The van der Waals surface area contributed by atoms with Gasteiger partial charge in [-0.2, -0.15) is 0 Å². The first-order chi connectivity index (χ1) is 38.5. The quantitative estimate of drug-likeness (QED) is 0.0382. The van der Waals surface area contributed by atoms with Gasteiger partial charge in [-0.05, 0) is 0 Å². The van der Waals surface area contributed by atoms with E-state index in [-0.39, 0.29) is 0 Å². The van der Waals surface area contributed by atoms with Crippen molar-refractivity contribution in [2.45, 2.75) is 211 Å². The van der Waals surface area contributed by atoms with Crippen molar-refractivity contribution in [2.75, 3.05) is 46.2 Å². The molecule has 23 N–H and O–H groups in total. The Balaban J connectivity index is 1.49. The number of carbonyl (C=O) groups is 4. The minimum Gasteiger partial charge on any atom is -0.477 e. The van der Waals surface area contributed by atoms with Crippen LogP contribution in [0, 0.1) is 0 Å². The van der Waals surface area contributed by atoms with Crippen molar-refractivity contribution in [1.29, 1.82) is 0 Å². The molecule has 0 aromatic carbocycles. The molecule has 0 unspecified atom stereocenters. The van der Waals surface area contributed by atoms with Crippen molar-refractivity contribution in [3.05, 3.63) is 0 Å². The Hall–Kier alpha value is -3.28. The highest BCUT2D eigenvalue weighted by molar-refractivity contribution is 5.77. The standard InChI is InChI=1S/C45H77N3O34/c1-12(55)46-23-15(58)4-45(44(71)72,81-37(23)27(63)17(60)6-50)82-39-29(65)20(9-53)75-43(34(39)70)80-38-30(66)22(77-42(33(38)69)78-35(18(61)7-51)26(62)16(59)5-49)11-73-40-25(48-14(3)57)32(68)36(21(10-54)76-40)79-41-24(47-13(2)56)31(67)28(64)19(8-52)74-41/h15-43,49-54,58-70H,4-11H2,1-3H3,(H,46,55)(H,47,56)(H,48,57)(H,71,72)/t15-,16-,17+,18+,19+,20+,21+,22+,23+,24+,25+,26+,27+,28-,29-,30-,31+,32+,33+,34+,35+,36+,37+,38-,39-,40+,41-,42-,43-,45-/m0/s1. The third-order valence-electron chi connectivity index (χ3n) is 14.2. The summed E-state index contributed by atoms with van der Waals surface area (Å²) in [5, 5.41) is 222. The number of carboxylic acid groups (broad SMARTS) is 1. The van der Waals surface area contributed by atoms with Gasteiger partial charge in [0.1, 0.15) is 140 Å². The van der Waals surface area contributed by atoms with Crippen LogP contribution in [0.2, 0.25) is 0 Å². The lowest BCUT2D eigenvalue weighted by Gasteiger charge is -2.51. The van der Waals surface area contributed by atoms with E-state index in [0.29, 0.717) is 0 Å². The Kier molecular flexibility index (Phi) is 25.7. The summed E-state index contributed by atoms with van der Waals surface area (Å²) in [6, 6.07) is -5.05. The molecule has 0 aliphatic carbocycles. The Labute approximate surface area is 464 Å². The summed E-state index contributed by atoms with van der Waals surface area (Å²) in [5.41, 5.74) is 0. The molecule has 30 atom stereocenters. The maximum atomic E-state index is 13.1. The molecule has 0 bridgehead atoms. The fraction of sp³-hybridized carbons (Fsp3) is 0.911. The number of hydrogen-bond donors (Lipinski definition) is 23. The van der Waals surface area contributed by atoms with Crippen LogP contribution in [0.4, 0.5) is 0 Å². The number of aliphatic hydroxyl groups is 19. The molecule has 476 valence electrons.